The Balaban J connectivity index is 1.45. The smallest absolute Gasteiger partial charge is 0.352 e. The number of hydrogen-bond acceptors (Lipinski definition) is 7. The summed E-state index contributed by atoms with van der Waals surface area (Å²) >= 11 is 0.978. The maximum absolute atomic E-state index is 13.4. The molecule has 4 rings (SSSR count). The van der Waals surface area contributed by atoms with Gasteiger partial charge in [-0.15, -0.1) is 11.3 Å². The van der Waals surface area contributed by atoms with E-state index < -0.39 is 11.6 Å². The second-order valence-electron chi connectivity index (χ2n) is 7.21. The van der Waals surface area contributed by atoms with Gasteiger partial charge in [-0.1, -0.05) is 12.1 Å². The summed E-state index contributed by atoms with van der Waals surface area (Å²) in [5, 5.41) is 0. The van der Waals surface area contributed by atoms with Gasteiger partial charge in [-0.25, -0.2) is 23.5 Å². The first-order chi connectivity index (χ1) is 14.8. The van der Waals surface area contributed by atoms with E-state index in [2.05, 4.69) is 15.0 Å². The molecule has 3 aromatic heterocycles. The van der Waals surface area contributed by atoms with Crippen LogP contribution in [-0.2, 0) is 12.5 Å². The zero-order chi connectivity index (χ0) is 22.0. The largest absolute Gasteiger partial charge is 0.481 e. The quantitative estimate of drug-likeness (QED) is 0.578. The average Bonchev–Trinajstić information content (AvgIpc) is 3.25. The third-order valence-corrected chi connectivity index (χ3v) is 6.17. The topological polar surface area (TPSA) is 73.1 Å². The van der Waals surface area contributed by atoms with E-state index >= 15 is 0 Å². The van der Waals surface area contributed by atoms with Crippen LogP contribution in [0.4, 0.5) is 14.7 Å². The maximum atomic E-state index is 13.4. The molecule has 0 amide bonds. The van der Waals surface area contributed by atoms with Crippen molar-refractivity contribution in [2.75, 3.05) is 25.1 Å². The molecule has 3 aromatic rings. The van der Waals surface area contributed by atoms with Crippen LogP contribution >= 0.6 is 11.3 Å². The van der Waals surface area contributed by atoms with Gasteiger partial charge < -0.3 is 9.64 Å². The van der Waals surface area contributed by atoms with Gasteiger partial charge in [-0.3, -0.25) is 4.57 Å². The van der Waals surface area contributed by atoms with Gasteiger partial charge in [0.15, 0.2) is 0 Å². The molecule has 7 nitrogen and oxygen atoms in total. The summed E-state index contributed by atoms with van der Waals surface area (Å²) in [6.07, 6.45) is 4.19. The Kier molecular flexibility index (Phi) is 5.81. The summed E-state index contributed by atoms with van der Waals surface area (Å²) in [4.78, 5) is 27.8. The van der Waals surface area contributed by atoms with Crippen LogP contribution < -0.4 is 15.3 Å². The lowest BCUT2D eigenvalue weighted by molar-refractivity contribution is 0.0215. The van der Waals surface area contributed by atoms with Crippen molar-refractivity contribution in [1.82, 2.24) is 19.5 Å². The molecule has 0 aliphatic carbocycles. The van der Waals surface area contributed by atoms with Gasteiger partial charge >= 0.3 is 5.69 Å². The zero-order valence-electron chi connectivity index (χ0n) is 17.1. The monoisotopic (exact) mass is 445 g/mol. The third-order valence-electron chi connectivity index (χ3n) is 4.93. The van der Waals surface area contributed by atoms with E-state index in [0.29, 0.717) is 29.8 Å². The van der Waals surface area contributed by atoms with Crippen molar-refractivity contribution < 1.29 is 13.5 Å². The van der Waals surface area contributed by atoms with E-state index in [0.717, 1.165) is 35.9 Å². The van der Waals surface area contributed by atoms with Crippen LogP contribution in [0.3, 0.4) is 0 Å². The lowest BCUT2D eigenvalue weighted by Crippen LogP contribution is -2.34. The van der Waals surface area contributed by atoms with Crippen LogP contribution in [0.2, 0.25) is 0 Å². The van der Waals surface area contributed by atoms with E-state index in [1.54, 1.807) is 19.2 Å². The number of rotatable bonds is 6. The predicted molar refractivity (Wildman–Crippen MR) is 115 cm³/mol. The molecule has 1 aliphatic heterocycles. The fourth-order valence-corrected chi connectivity index (χ4v) is 4.21. The van der Waals surface area contributed by atoms with Crippen LogP contribution in [0.5, 0.6) is 5.88 Å². The molecular weight excluding hydrogens is 424 g/mol. The molecule has 0 saturated carbocycles. The van der Waals surface area contributed by atoms with Crippen molar-refractivity contribution in [3.8, 4) is 5.88 Å². The van der Waals surface area contributed by atoms with E-state index in [1.165, 1.54) is 17.0 Å². The molecule has 0 aromatic carbocycles. The van der Waals surface area contributed by atoms with Crippen LogP contribution in [-0.4, -0.2) is 39.7 Å². The Hall–Kier alpha value is -3.14. The van der Waals surface area contributed by atoms with Crippen LogP contribution in [0.1, 0.15) is 28.8 Å². The number of anilines is 1. The number of halogens is 2. The number of ether oxygens (including phenoxy) is 1. The van der Waals surface area contributed by atoms with Gasteiger partial charge in [0.1, 0.15) is 6.33 Å². The molecule has 0 spiro atoms. The minimum Gasteiger partial charge on any atom is -0.481 e. The van der Waals surface area contributed by atoms with Crippen LogP contribution in [0, 0.1) is 0 Å². The highest BCUT2D eigenvalue weighted by Gasteiger charge is 2.26. The van der Waals surface area contributed by atoms with Gasteiger partial charge in [0.05, 0.1) is 24.2 Å². The first-order valence-electron chi connectivity index (χ1n) is 9.69. The second kappa shape index (κ2) is 8.54. The van der Waals surface area contributed by atoms with Crippen LogP contribution in [0.25, 0.3) is 5.57 Å². The number of aromatic nitrogens is 4. The number of thiophene rings is 1. The Morgan fingerprint density at radius 2 is 2.06 bits per heavy atom. The number of nitrogens with zero attached hydrogens (tertiary/aromatic N) is 5. The molecule has 0 radical (unpaired) electrons. The predicted octanol–water partition coefficient (Wildman–Crippen LogP) is 3.56. The first kappa shape index (κ1) is 21.1. The molecule has 162 valence electrons. The summed E-state index contributed by atoms with van der Waals surface area (Å²) in [5.74, 6) is -1.98. The molecule has 0 atom stereocenters. The highest BCUT2D eigenvalue weighted by Crippen LogP contribution is 2.33. The minimum absolute atomic E-state index is 0.0329. The molecule has 0 fully saturated rings. The van der Waals surface area contributed by atoms with Gasteiger partial charge in [-0.2, -0.15) is 4.98 Å². The van der Waals surface area contributed by atoms with E-state index in [1.807, 2.05) is 23.1 Å². The summed E-state index contributed by atoms with van der Waals surface area (Å²) < 4.78 is 33.3. The SMILES string of the molecule is COc1cccc(C2=CCN(c3ncn(Cc4ccc(C(C)(F)F)s4)c(=O)n3)CC2)n1. The molecule has 0 N–H and O–H groups in total. The Morgan fingerprint density at radius 1 is 1.23 bits per heavy atom. The maximum Gasteiger partial charge on any atom is 0.352 e. The standard InChI is InChI=1S/C21H21F2N5O2S/c1-21(22,23)17-7-6-15(31-17)12-28-13-24-19(26-20(28)29)27-10-8-14(9-11-27)16-4-3-5-18(25-16)30-2/h3-8,13H,9-12H2,1-2H3. The summed E-state index contributed by atoms with van der Waals surface area (Å²) in [6.45, 7) is 2.21. The van der Waals surface area contributed by atoms with Crippen molar-refractivity contribution in [1.29, 1.82) is 0 Å². The Morgan fingerprint density at radius 3 is 2.71 bits per heavy atom. The van der Waals surface area contributed by atoms with Gasteiger partial charge in [-0.05, 0) is 30.2 Å². The lowest BCUT2D eigenvalue weighted by atomic mass is 10.0. The fourth-order valence-electron chi connectivity index (χ4n) is 3.27. The minimum atomic E-state index is -2.89. The molecule has 0 unspecified atom stereocenters. The molecule has 10 heteroatoms. The normalized spacial score (nSPS) is 14.5. The number of hydrogen-bond donors (Lipinski definition) is 0. The first-order valence-corrected chi connectivity index (χ1v) is 10.5. The summed E-state index contributed by atoms with van der Waals surface area (Å²) in [6, 6.07) is 8.62. The van der Waals surface area contributed by atoms with Gasteiger partial charge in [0.25, 0.3) is 5.92 Å². The summed E-state index contributed by atoms with van der Waals surface area (Å²) in [7, 11) is 1.58. The highest BCUT2D eigenvalue weighted by molar-refractivity contribution is 7.12. The van der Waals surface area contributed by atoms with Crippen molar-refractivity contribution in [2.45, 2.75) is 25.8 Å². The Labute approximate surface area is 181 Å². The van der Waals surface area contributed by atoms with E-state index in [-0.39, 0.29) is 11.4 Å². The van der Waals surface area contributed by atoms with E-state index in [9.17, 15) is 13.6 Å². The van der Waals surface area contributed by atoms with Gasteiger partial charge in [0, 0.05) is 31.0 Å². The fraction of sp³-hybridized carbons (Fsp3) is 0.333. The molecular formula is C21H21F2N5O2S. The second-order valence-corrected chi connectivity index (χ2v) is 8.38. The molecule has 0 bridgehead atoms. The molecule has 4 heterocycles. The zero-order valence-corrected chi connectivity index (χ0v) is 17.9. The highest BCUT2D eigenvalue weighted by atomic mass is 32.1. The third kappa shape index (κ3) is 4.79. The lowest BCUT2D eigenvalue weighted by Gasteiger charge is -2.26. The van der Waals surface area contributed by atoms with Crippen molar-refractivity contribution in [2.24, 2.45) is 0 Å². The Bertz CT molecular complexity index is 1170. The molecule has 1 aliphatic rings. The number of pyridine rings is 1. The van der Waals surface area contributed by atoms with Crippen molar-refractivity contribution in [3.63, 3.8) is 0 Å². The van der Waals surface area contributed by atoms with Gasteiger partial charge in [0.2, 0.25) is 11.8 Å². The molecule has 0 saturated heterocycles. The average molecular weight is 445 g/mol. The van der Waals surface area contributed by atoms with E-state index in [4.69, 9.17) is 4.74 Å². The molecule has 31 heavy (non-hydrogen) atoms. The van der Waals surface area contributed by atoms with Crippen molar-refractivity contribution in [3.05, 3.63) is 68.7 Å². The number of alkyl halides is 2. The van der Waals surface area contributed by atoms with Crippen LogP contribution in [0.15, 0.2) is 47.5 Å². The number of methoxy groups -OCH3 is 1. The summed E-state index contributed by atoms with van der Waals surface area (Å²) in [5.41, 5.74) is 1.50. The van der Waals surface area contributed by atoms with Crippen molar-refractivity contribution >= 4 is 22.9 Å².